The Balaban J connectivity index is 1.77. The van der Waals surface area contributed by atoms with Crippen molar-refractivity contribution in [3.8, 4) is 11.5 Å². The number of sulfonamides is 1. The lowest BCUT2D eigenvalue weighted by atomic mass is 10.2. The monoisotopic (exact) mass is 371 g/mol. The molecule has 0 amide bonds. The summed E-state index contributed by atoms with van der Waals surface area (Å²) in [5.74, 6) is 0.397. The van der Waals surface area contributed by atoms with E-state index in [2.05, 4.69) is 10.2 Å². The van der Waals surface area contributed by atoms with E-state index < -0.39 is 10.0 Å². The summed E-state index contributed by atoms with van der Waals surface area (Å²) in [6.07, 6.45) is 0. The zero-order valence-electron chi connectivity index (χ0n) is 14.3. The SMILES string of the molecule is CC(=O)c1ccc(S(=O)(=O)N(C)Cc2nnc(-c3ccccc3)o2)cc1. The molecule has 0 radical (unpaired) electrons. The van der Waals surface area contributed by atoms with Crippen LogP contribution in [0.1, 0.15) is 23.2 Å². The second kappa shape index (κ2) is 7.19. The standard InChI is InChI=1S/C18H17N3O4S/c1-13(22)14-8-10-16(11-9-14)26(23,24)21(2)12-17-19-20-18(25-17)15-6-4-3-5-7-15/h3-11H,12H2,1-2H3. The Morgan fingerprint density at radius 1 is 1.04 bits per heavy atom. The number of carbonyl (C=O) groups is 1. The van der Waals surface area contributed by atoms with E-state index in [1.54, 1.807) is 0 Å². The number of aromatic nitrogens is 2. The Kier molecular flexibility index (Phi) is 4.97. The second-order valence-electron chi connectivity index (χ2n) is 5.71. The van der Waals surface area contributed by atoms with Gasteiger partial charge in [0.05, 0.1) is 11.4 Å². The van der Waals surface area contributed by atoms with Gasteiger partial charge in [-0.05, 0) is 31.2 Å². The summed E-state index contributed by atoms with van der Waals surface area (Å²) in [5, 5.41) is 7.86. The highest BCUT2D eigenvalue weighted by Crippen LogP contribution is 2.20. The first kappa shape index (κ1) is 18.0. The molecule has 8 heteroatoms. The van der Waals surface area contributed by atoms with Gasteiger partial charge in [-0.15, -0.1) is 10.2 Å². The van der Waals surface area contributed by atoms with Gasteiger partial charge >= 0.3 is 0 Å². The molecule has 0 aliphatic rings. The van der Waals surface area contributed by atoms with Gasteiger partial charge < -0.3 is 4.42 Å². The first-order valence-corrected chi connectivity index (χ1v) is 9.27. The normalized spacial score (nSPS) is 11.7. The lowest BCUT2D eigenvalue weighted by molar-refractivity contribution is 0.101. The van der Waals surface area contributed by atoms with Crippen molar-refractivity contribution in [3.63, 3.8) is 0 Å². The van der Waals surface area contributed by atoms with Gasteiger partial charge in [0.25, 0.3) is 0 Å². The molecule has 0 unspecified atom stereocenters. The number of rotatable bonds is 6. The summed E-state index contributed by atoms with van der Waals surface area (Å²) in [7, 11) is -2.31. The fraction of sp³-hybridized carbons (Fsp3) is 0.167. The minimum atomic E-state index is -3.74. The smallest absolute Gasteiger partial charge is 0.247 e. The van der Waals surface area contributed by atoms with E-state index in [-0.39, 0.29) is 23.1 Å². The topological polar surface area (TPSA) is 93.4 Å². The fourth-order valence-corrected chi connectivity index (χ4v) is 3.45. The summed E-state index contributed by atoms with van der Waals surface area (Å²) < 4.78 is 32.0. The number of carbonyl (C=O) groups excluding carboxylic acids is 1. The molecule has 0 saturated heterocycles. The molecule has 0 aliphatic heterocycles. The molecular weight excluding hydrogens is 354 g/mol. The Hall–Kier alpha value is -2.84. The number of benzene rings is 2. The summed E-state index contributed by atoms with van der Waals surface area (Å²) in [4.78, 5) is 11.4. The molecule has 3 rings (SSSR count). The Morgan fingerprint density at radius 3 is 2.31 bits per heavy atom. The van der Waals surface area contributed by atoms with Crippen molar-refractivity contribution in [2.75, 3.05) is 7.05 Å². The van der Waals surface area contributed by atoms with Crippen molar-refractivity contribution in [2.45, 2.75) is 18.4 Å². The first-order chi connectivity index (χ1) is 12.4. The Morgan fingerprint density at radius 2 is 1.69 bits per heavy atom. The number of Topliss-reactive ketones (excluding diaryl/α,β-unsaturated/α-hetero) is 1. The molecular formula is C18H17N3O4S. The van der Waals surface area contributed by atoms with E-state index in [4.69, 9.17) is 4.42 Å². The second-order valence-corrected chi connectivity index (χ2v) is 7.75. The lowest BCUT2D eigenvalue weighted by Gasteiger charge is -2.15. The van der Waals surface area contributed by atoms with E-state index >= 15 is 0 Å². The average Bonchev–Trinajstić information content (AvgIpc) is 3.11. The van der Waals surface area contributed by atoms with Crippen molar-refractivity contribution in [3.05, 3.63) is 66.1 Å². The van der Waals surface area contributed by atoms with Gasteiger partial charge in [-0.25, -0.2) is 8.42 Å². The maximum atomic E-state index is 12.6. The third kappa shape index (κ3) is 3.71. The van der Waals surface area contributed by atoms with Crippen LogP contribution in [0.5, 0.6) is 0 Å². The van der Waals surface area contributed by atoms with E-state index in [9.17, 15) is 13.2 Å². The molecule has 0 saturated carbocycles. The van der Waals surface area contributed by atoms with Crippen LogP contribution in [-0.2, 0) is 16.6 Å². The zero-order valence-corrected chi connectivity index (χ0v) is 15.1. The van der Waals surface area contributed by atoms with Gasteiger partial charge in [0.2, 0.25) is 21.8 Å². The average molecular weight is 371 g/mol. The molecule has 0 spiro atoms. The van der Waals surface area contributed by atoms with Crippen LogP contribution in [0, 0.1) is 0 Å². The van der Waals surface area contributed by atoms with Crippen LogP contribution < -0.4 is 0 Å². The lowest BCUT2D eigenvalue weighted by Crippen LogP contribution is -2.26. The Labute approximate surface area is 151 Å². The highest BCUT2D eigenvalue weighted by atomic mass is 32.2. The fourth-order valence-electron chi connectivity index (χ4n) is 2.33. The maximum absolute atomic E-state index is 12.6. The van der Waals surface area contributed by atoms with E-state index in [1.165, 1.54) is 38.2 Å². The summed E-state index contributed by atoms with van der Waals surface area (Å²) in [5.41, 5.74) is 1.22. The van der Waals surface area contributed by atoms with Crippen LogP contribution in [0.3, 0.4) is 0 Å². The molecule has 0 N–H and O–H groups in total. The minimum Gasteiger partial charge on any atom is -0.419 e. The molecule has 0 bridgehead atoms. The van der Waals surface area contributed by atoms with Crippen LogP contribution in [0.4, 0.5) is 0 Å². The molecule has 2 aromatic carbocycles. The van der Waals surface area contributed by atoms with Gasteiger partial charge in [0.15, 0.2) is 5.78 Å². The van der Waals surface area contributed by atoms with Gasteiger partial charge in [-0.2, -0.15) is 4.31 Å². The highest BCUT2D eigenvalue weighted by molar-refractivity contribution is 7.89. The maximum Gasteiger partial charge on any atom is 0.247 e. The highest BCUT2D eigenvalue weighted by Gasteiger charge is 2.23. The number of hydrogen-bond acceptors (Lipinski definition) is 6. The van der Waals surface area contributed by atoms with Gasteiger partial charge in [-0.1, -0.05) is 30.3 Å². The minimum absolute atomic E-state index is 0.0589. The molecule has 0 atom stereocenters. The zero-order chi connectivity index (χ0) is 18.7. The predicted octanol–water partition coefficient (Wildman–Crippen LogP) is 2.76. The third-order valence-corrected chi connectivity index (χ3v) is 5.63. The van der Waals surface area contributed by atoms with E-state index in [1.807, 2.05) is 30.3 Å². The number of ketones is 1. The number of nitrogens with zero attached hydrogens (tertiary/aromatic N) is 3. The molecule has 134 valence electrons. The van der Waals surface area contributed by atoms with E-state index in [0.717, 1.165) is 9.87 Å². The van der Waals surface area contributed by atoms with Crippen LogP contribution in [0.2, 0.25) is 0 Å². The molecule has 0 aliphatic carbocycles. The van der Waals surface area contributed by atoms with Crippen LogP contribution in [0.15, 0.2) is 63.9 Å². The van der Waals surface area contributed by atoms with E-state index in [0.29, 0.717) is 11.5 Å². The van der Waals surface area contributed by atoms with Crippen LogP contribution >= 0.6 is 0 Å². The molecule has 1 aromatic heterocycles. The van der Waals surface area contributed by atoms with Gasteiger partial charge in [0.1, 0.15) is 0 Å². The van der Waals surface area contributed by atoms with Crippen LogP contribution in [0.25, 0.3) is 11.5 Å². The van der Waals surface area contributed by atoms with Gasteiger partial charge in [-0.3, -0.25) is 4.79 Å². The molecule has 3 aromatic rings. The van der Waals surface area contributed by atoms with Crippen molar-refractivity contribution >= 4 is 15.8 Å². The summed E-state index contributed by atoms with van der Waals surface area (Å²) >= 11 is 0. The van der Waals surface area contributed by atoms with Crippen LogP contribution in [-0.4, -0.2) is 35.8 Å². The van der Waals surface area contributed by atoms with Crippen molar-refractivity contribution < 1.29 is 17.6 Å². The van der Waals surface area contributed by atoms with Gasteiger partial charge in [0, 0.05) is 18.2 Å². The summed E-state index contributed by atoms with van der Waals surface area (Å²) in [6, 6.07) is 15.0. The predicted molar refractivity (Wildman–Crippen MR) is 94.8 cm³/mol. The van der Waals surface area contributed by atoms with Crippen molar-refractivity contribution in [1.82, 2.24) is 14.5 Å². The quantitative estimate of drug-likeness (QED) is 0.619. The molecule has 1 heterocycles. The van der Waals surface area contributed by atoms with Crippen molar-refractivity contribution in [2.24, 2.45) is 0 Å². The number of hydrogen-bond donors (Lipinski definition) is 0. The third-order valence-electron chi connectivity index (χ3n) is 3.81. The Bertz CT molecular complexity index is 1010. The van der Waals surface area contributed by atoms with Crippen molar-refractivity contribution in [1.29, 1.82) is 0 Å². The molecule has 0 fully saturated rings. The largest absolute Gasteiger partial charge is 0.419 e. The summed E-state index contributed by atoms with van der Waals surface area (Å²) in [6.45, 7) is 1.37. The first-order valence-electron chi connectivity index (χ1n) is 7.83. The molecule has 7 nitrogen and oxygen atoms in total. The molecule has 26 heavy (non-hydrogen) atoms.